The Hall–Kier alpha value is -1.27. The van der Waals surface area contributed by atoms with Crippen molar-refractivity contribution in [2.75, 3.05) is 13.1 Å². The number of fused-ring (bicyclic) bond motifs is 1. The molecule has 2 aliphatic heterocycles. The van der Waals surface area contributed by atoms with Gasteiger partial charge in [-0.05, 0) is 69.6 Å². The number of nitrogens with zero attached hydrogens (tertiary/aromatic N) is 2. The first-order valence-electron chi connectivity index (χ1n) is 12.5. The smallest absolute Gasteiger partial charge is 0.341 e. The first-order chi connectivity index (χ1) is 14.9. The van der Waals surface area contributed by atoms with Gasteiger partial charge in [-0.25, -0.2) is 0 Å². The molecule has 2 amide bonds. The van der Waals surface area contributed by atoms with Gasteiger partial charge in [-0.2, -0.15) is 13.2 Å². The van der Waals surface area contributed by atoms with Gasteiger partial charge in [0.2, 0.25) is 11.8 Å². The monoisotopic (exact) mass is 442 g/mol. The van der Waals surface area contributed by atoms with Gasteiger partial charge in [0, 0.05) is 25.6 Å². The molecule has 0 spiro atoms. The van der Waals surface area contributed by atoms with E-state index in [1.54, 1.807) is 0 Å². The number of hydrogen-bond donors (Lipinski definition) is 0. The molecule has 7 heteroatoms. The molecule has 0 aromatic rings. The number of hydrogen-bond acceptors (Lipinski definition) is 2. The molecule has 4 fully saturated rings. The maximum absolute atomic E-state index is 13.6. The molecule has 4 rings (SSSR count). The highest BCUT2D eigenvalue weighted by molar-refractivity contribution is 5.88. The molecule has 0 N–H and O–H groups in total. The Morgan fingerprint density at radius 2 is 1.55 bits per heavy atom. The van der Waals surface area contributed by atoms with Crippen molar-refractivity contribution in [1.82, 2.24) is 9.80 Å². The van der Waals surface area contributed by atoms with Crippen molar-refractivity contribution < 1.29 is 22.8 Å². The fourth-order valence-electron chi connectivity index (χ4n) is 6.82. The first-order valence-corrected chi connectivity index (χ1v) is 12.5. The molecule has 176 valence electrons. The van der Waals surface area contributed by atoms with Crippen molar-refractivity contribution in [3.8, 4) is 0 Å². The van der Waals surface area contributed by atoms with Crippen LogP contribution in [-0.2, 0) is 9.59 Å². The quantitative estimate of drug-likeness (QED) is 0.560. The summed E-state index contributed by atoms with van der Waals surface area (Å²) >= 11 is 0. The van der Waals surface area contributed by atoms with Gasteiger partial charge in [0.1, 0.15) is 6.04 Å². The average molecular weight is 443 g/mol. The van der Waals surface area contributed by atoms with E-state index in [0.717, 1.165) is 70.9 Å². The van der Waals surface area contributed by atoms with E-state index in [-0.39, 0.29) is 43.0 Å². The molecule has 0 bridgehead atoms. The van der Waals surface area contributed by atoms with Crippen LogP contribution in [0.1, 0.15) is 89.9 Å². The molecular formula is C24H37F3N2O2. The molecule has 3 unspecified atom stereocenters. The molecule has 0 radical (unpaired) electrons. The van der Waals surface area contributed by atoms with Crippen LogP contribution in [0.15, 0.2) is 0 Å². The summed E-state index contributed by atoms with van der Waals surface area (Å²) in [6, 6.07) is -0.294. The highest BCUT2D eigenvalue weighted by Crippen LogP contribution is 2.44. The number of rotatable bonds is 6. The lowest BCUT2D eigenvalue weighted by Crippen LogP contribution is -2.50. The summed E-state index contributed by atoms with van der Waals surface area (Å²) < 4.78 is 40.8. The maximum Gasteiger partial charge on any atom is 0.392 e. The zero-order chi connectivity index (χ0) is 22.0. The summed E-state index contributed by atoms with van der Waals surface area (Å²) in [4.78, 5) is 30.1. The van der Waals surface area contributed by atoms with Crippen molar-refractivity contribution in [2.45, 2.75) is 108 Å². The fourth-order valence-corrected chi connectivity index (χ4v) is 6.82. The molecule has 4 aliphatic rings. The Morgan fingerprint density at radius 3 is 2.23 bits per heavy atom. The van der Waals surface area contributed by atoms with Crippen LogP contribution >= 0.6 is 0 Å². The van der Waals surface area contributed by atoms with Gasteiger partial charge in [0.05, 0.1) is 5.92 Å². The van der Waals surface area contributed by atoms with Crippen molar-refractivity contribution in [2.24, 2.45) is 17.8 Å². The average Bonchev–Trinajstić information content (AvgIpc) is 3.49. The SMILES string of the molecule is O=C(C1CC2CCCC[C@@H]2N1C(=O)CCCC(C1CCCC1)C(F)(F)F)N1CCCC1. The summed E-state index contributed by atoms with van der Waals surface area (Å²) in [5, 5.41) is 0. The Bertz CT molecular complexity index is 641. The minimum Gasteiger partial charge on any atom is -0.341 e. The molecule has 4 atom stereocenters. The normalized spacial score (nSPS) is 30.6. The van der Waals surface area contributed by atoms with Gasteiger partial charge in [-0.1, -0.05) is 25.7 Å². The molecular weight excluding hydrogens is 405 g/mol. The minimum absolute atomic E-state index is 0.0343. The largest absolute Gasteiger partial charge is 0.392 e. The number of likely N-dealkylation sites (tertiary alicyclic amines) is 2. The van der Waals surface area contributed by atoms with E-state index in [9.17, 15) is 22.8 Å². The third-order valence-corrected chi connectivity index (χ3v) is 8.37. The maximum atomic E-state index is 13.6. The number of halogens is 3. The highest BCUT2D eigenvalue weighted by Gasteiger charge is 2.49. The predicted octanol–water partition coefficient (Wildman–Crippen LogP) is 5.31. The fraction of sp³-hybridized carbons (Fsp3) is 0.917. The molecule has 2 saturated carbocycles. The van der Waals surface area contributed by atoms with Crippen LogP contribution in [-0.4, -0.2) is 53.0 Å². The molecule has 4 nitrogen and oxygen atoms in total. The van der Waals surface area contributed by atoms with Crippen LogP contribution < -0.4 is 0 Å². The van der Waals surface area contributed by atoms with E-state index in [4.69, 9.17) is 0 Å². The molecule has 2 aliphatic carbocycles. The zero-order valence-electron chi connectivity index (χ0n) is 18.5. The zero-order valence-corrected chi connectivity index (χ0v) is 18.5. The molecule has 2 heterocycles. The van der Waals surface area contributed by atoms with Gasteiger partial charge in [0.25, 0.3) is 0 Å². The first kappa shape index (κ1) is 22.9. The van der Waals surface area contributed by atoms with Crippen molar-refractivity contribution >= 4 is 11.8 Å². The molecule has 0 aromatic heterocycles. The van der Waals surface area contributed by atoms with Crippen molar-refractivity contribution in [1.29, 1.82) is 0 Å². The Labute approximate surface area is 183 Å². The number of carbonyl (C=O) groups is 2. The third kappa shape index (κ3) is 5.05. The van der Waals surface area contributed by atoms with Crippen molar-refractivity contribution in [3.63, 3.8) is 0 Å². The van der Waals surface area contributed by atoms with Crippen LogP contribution in [0.3, 0.4) is 0 Å². The van der Waals surface area contributed by atoms with E-state index < -0.39 is 18.1 Å². The van der Waals surface area contributed by atoms with Crippen LogP contribution in [0.25, 0.3) is 0 Å². The molecule has 0 aromatic carbocycles. The Kier molecular flexibility index (Phi) is 7.17. The van der Waals surface area contributed by atoms with E-state index in [0.29, 0.717) is 18.8 Å². The summed E-state index contributed by atoms with van der Waals surface area (Å²) in [5.74, 6) is -1.23. The highest BCUT2D eigenvalue weighted by atomic mass is 19.4. The summed E-state index contributed by atoms with van der Waals surface area (Å²) in [6.07, 6.45) is 6.25. The molecule has 31 heavy (non-hydrogen) atoms. The van der Waals surface area contributed by atoms with Crippen LogP contribution in [0, 0.1) is 17.8 Å². The number of carbonyl (C=O) groups excluding carboxylic acids is 2. The third-order valence-electron chi connectivity index (χ3n) is 8.37. The second-order valence-electron chi connectivity index (χ2n) is 10.3. The lowest BCUT2D eigenvalue weighted by molar-refractivity contribution is -0.190. The minimum atomic E-state index is -4.19. The van der Waals surface area contributed by atoms with E-state index >= 15 is 0 Å². The van der Waals surface area contributed by atoms with Gasteiger partial charge in [-0.3, -0.25) is 9.59 Å². The topological polar surface area (TPSA) is 40.6 Å². The summed E-state index contributed by atoms with van der Waals surface area (Å²) in [7, 11) is 0. The number of alkyl halides is 3. The standard InChI is InChI=1S/C24H37F3N2O2/c25-24(26,27)19(17-8-1-2-9-17)11-7-13-22(30)29-20-12-4-3-10-18(20)16-21(29)23(31)28-14-5-6-15-28/h17-21H,1-16H2/t18?,19?,20-,21?/m0/s1. The lowest BCUT2D eigenvalue weighted by Gasteiger charge is -2.35. The molecule has 2 saturated heterocycles. The summed E-state index contributed by atoms with van der Waals surface area (Å²) in [5.41, 5.74) is 0. The lowest BCUT2D eigenvalue weighted by atomic mass is 9.84. The second-order valence-corrected chi connectivity index (χ2v) is 10.3. The van der Waals surface area contributed by atoms with Gasteiger partial charge in [-0.15, -0.1) is 0 Å². The van der Waals surface area contributed by atoms with E-state index in [2.05, 4.69) is 0 Å². The van der Waals surface area contributed by atoms with Crippen LogP contribution in [0.5, 0.6) is 0 Å². The Balaban J connectivity index is 1.40. The predicted molar refractivity (Wildman–Crippen MR) is 112 cm³/mol. The van der Waals surface area contributed by atoms with Gasteiger partial charge < -0.3 is 9.80 Å². The second kappa shape index (κ2) is 9.70. The van der Waals surface area contributed by atoms with E-state index in [1.807, 2.05) is 9.80 Å². The van der Waals surface area contributed by atoms with Gasteiger partial charge in [0.15, 0.2) is 0 Å². The van der Waals surface area contributed by atoms with Crippen LogP contribution in [0.4, 0.5) is 13.2 Å². The van der Waals surface area contributed by atoms with Crippen molar-refractivity contribution in [3.05, 3.63) is 0 Å². The summed E-state index contributed by atoms with van der Waals surface area (Å²) in [6.45, 7) is 1.53. The van der Waals surface area contributed by atoms with E-state index in [1.165, 1.54) is 0 Å². The Morgan fingerprint density at radius 1 is 0.903 bits per heavy atom. The van der Waals surface area contributed by atoms with Gasteiger partial charge >= 0.3 is 6.18 Å². The number of amides is 2. The van der Waals surface area contributed by atoms with Crippen LogP contribution in [0.2, 0.25) is 0 Å².